The topological polar surface area (TPSA) is 142 Å². The zero-order chi connectivity index (χ0) is 31.7. The largest absolute Gasteiger partial charge is 0.487 e. The molecule has 240 valence electrons. The number of fused-ring (bicyclic) bond motifs is 2. The van der Waals surface area contributed by atoms with E-state index in [9.17, 15) is 28.3 Å². The van der Waals surface area contributed by atoms with Crippen molar-refractivity contribution in [2.24, 2.45) is 40.2 Å². The molecule has 2 amide bonds. The van der Waals surface area contributed by atoms with Gasteiger partial charge in [-0.1, -0.05) is 11.6 Å². The molecule has 0 bridgehead atoms. The molecule has 0 unspecified atom stereocenters. The molecule has 13 heteroatoms. The van der Waals surface area contributed by atoms with Gasteiger partial charge in [-0.25, -0.2) is 14.6 Å². The van der Waals surface area contributed by atoms with Crippen molar-refractivity contribution in [2.75, 3.05) is 33.3 Å². The molecule has 4 fully saturated rings. The first kappa shape index (κ1) is 30.9. The molecule has 1 aromatic rings. The monoisotopic (exact) mass is 635 g/mol. The summed E-state index contributed by atoms with van der Waals surface area (Å²) in [5.74, 6) is 4.64. The lowest BCUT2D eigenvalue weighted by molar-refractivity contribution is -0.163. The lowest BCUT2D eigenvalue weighted by Gasteiger charge is -2.45. The molecule has 0 aromatic heterocycles. The van der Waals surface area contributed by atoms with Crippen LogP contribution in [0.1, 0.15) is 62.6 Å². The van der Waals surface area contributed by atoms with Crippen molar-refractivity contribution in [3.63, 3.8) is 0 Å². The highest BCUT2D eigenvalue weighted by atomic mass is 35.5. The maximum Gasteiger partial charge on any atom is 0.310 e. The van der Waals surface area contributed by atoms with Gasteiger partial charge in [0.15, 0.2) is 0 Å². The van der Waals surface area contributed by atoms with Crippen molar-refractivity contribution in [2.45, 2.75) is 64.3 Å². The van der Waals surface area contributed by atoms with Crippen LogP contribution in [0.25, 0.3) is 0 Å². The summed E-state index contributed by atoms with van der Waals surface area (Å²) in [6.45, 7) is 2.35. The summed E-state index contributed by atoms with van der Waals surface area (Å²) < 4.78 is 33.4. The summed E-state index contributed by atoms with van der Waals surface area (Å²) in [6.07, 6.45) is 1.79. The van der Waals surface area contributed by atoms with Crippen molar-refractivity contribution >= 4 is 29.4 Å². The molecular weight excluding hydrogens is 596 g/mol. The number of benzene rings is 1. The molecular formula is C31H40ClF2N5O5. The second-order valence-corrected chi connectivity index (χ2v) is 14.2. The molecule has 3 aliphatic carbocycles. The second kappa shape index (κ2) is 11.0. The lowest BCUT2D eigenvalue weighted by atomic mass is 9.66. The van der Waals surface area contributed by atoms with E-state index in [1.165, 1.54) is 7.05 Å². The Morgan fingerprint density at radius 2 is 1.98 bits per heavy atom. The van der Waals surface area contributed by atoms with Crippen LogP contribution in [0.3, 0.4) is 0 Å². The van der Waals surface area contributed by atoms with Gasteiger partial charge in [-0.3, -0.25) is 14.4 Å². The highest BCUT2D eigenvalue weighted by Gasteiger charge is 2.59. The fourth-order valence-corrected chi connectivity index (χ4v) is 8.15. The normalized spacial score (nSPS) is 30.6. The highest BCUT2D eigenvalue weighted by Crippen LogP contribution is 2.59. The summed E-state index contributed by atoms with van der Waals surface area (Å²) in [5.41, 5.74) is 5.30. The Balaban J connectivity index is 1.38. The molecule has 5 N–H and O–H groups in total. The molecule has 3 saturated carbocycles. The number of alkyl halides is 2. The Morgan fingerprint density at radius 1 is 1.25 bits per heavy atom. The van der Waals surface area contributed by atoms with Gasteiger partial charge in [0.2, 0.25) is 11.8 Å². The second-order valence-electron chi connectivity index (χ2n) is 13.8. The van der Waals surface area contributed by atoms with Crippen LogP contribution in [0, 0.1) is 28.6 Å². The van der Waals surface area contributed by atoms with Crippen molar-refractivity contribution in [1.82, 2.24) is 14.8 Å². The summed E-state index contributed by atoms with van der Waals surface area (Å²) >= 11 is 6.69. The SMILES string of the molecule is CN(N)/C(=C(\N)COc1ccc(Cl)c2c1[C@@H](CN1CC3(CC3)CC1=O)N(C(=O)[C@@H]1C[C@@H]3C[C@@H]3C[C@]1(C)C(=O)O)CC2)C(F)F. The smallest absolute Gasteiger partial charge is 0.310 e. The molecule has 10 nitrogen and oxygen atoms in total. The van der Waals surface area contributed by atoms with Gasteiger partial charge in [0, 0.05) is 43.7 Å². The highest BCUT2D eigenvalue weighted by molar-refractivity contribution is 6.31. The molecule has 5 atom stereocenters. The van der Waals surface area contributed by atoms with E-state index in [2.05, 4.69) is 0 Å². The summed E-state index contributed by atoms with van der Waals surface area (Å²) in [4.78, 5) is 43.8. The van der Waals surface area contributed by atoms with Crippen LogP contribution in [0.2, 0.25) is 5.02 Å². The van der Waals surface area contributed by atoms with Crippen LogP contribution in [0.5, 0.6) is 5.75 Å². The van der Waals surface area contributed by atoms with Crippen molar-refractivity contribution < 1.29 is 33.0 Å². The van der Waals surface area contributed by atoms with Crippen molar-refractivity contribution in [3.8, 4) is 5.75 Å². The average Bonchev–Trinajstić information content (AvgIpc) is 3.86. The number of hydrazine groups is 1. The standard InChI is InChI=1S/C31H40ClF2N5O5/c1-30(29(42)43)11-17-9-16(17)10-19(30)28(41)39-8-5-18-20(32)3-4-23(44-14-21(35)26(27(33)34)37(2)36)25(18)22(39)13-38-15-31(6-7-31)12-24(38)40/h3-4,16-17,19,22,27H,5-15,35-36H2,1-2H3,(H,42,43)/b26-21-/t16-,17+,19-,22+,30-/m0/s1. The molecule has 1 aromatic carbocycles. The third kappa shape index (κ3) is 5.37. The van der Waals surface area contributed by atoms with Crippen LogP contribution >= 0.6 is 11.6 Å². The third-order valence-electron chi connectivity index (χ3n) is 10.8. The number of hydrogen-bond donors (Lipinski definition) is 3. The molecule has 1 spiro atoms. The van der Waals surface area contributed by atoms with Crippen LogP contribution in [-0.4, -0.2) is 77.4 Å². The minimum absolute atomic E-state index is 0.0114. The number of nitrogens with two attached hydrogens (primary N) is 2. The summed E-state index contributed by atoms with van der Waals surface area (Å²) in [6, 6.07) is 2.60. The Kier molecular flexibility index (Phi) is 7.75. The number of ether oxygens (including phenoxy) is 1. The van der Waals surface area contributed by atoms with Crippen LogP contribution < -0.4 is 16.3 Å². The first-order valence-electron chi connectivity index (χ1n) is 15.3. The number of nitrogens with zero attached hydrogens (tertiary/aromatic N) is 3. The first-order chi connectivity index (χ1) is 20.7. The van der Waals surface area contributed by atoms with Crippen LogP contribution in [0.15, 0.2) is 23.5 Å². The lowest BCUT2D eigenvalue weighted by Crippen LogP contribution is -2.53. The zero-order valence-electron chi connectivity index (χ0n) is 25.0. The van der Waals surface area contributed by atoms with Crippen LogP contribution in [-0.2, 0) is 20.8 Å². The number of carboxylic acids is 1. The van der Waals surface area contributed by atoms with Crippen molar-refractivity contribution in [3.05, 3.63) is 39.7 Å². The van der Waals surface area contributed by atoms with E-state index < -0.39 is 42.1 Å². The zero-order valence-corrected chi connectivity index (χ0v) is 25.8. The van der Waals surface area contributed by atoms with Crippen LogP contribution in [0.4, 0.5) is 8.78 Å². The maximum atomic E-state index is 14.5. The van der Waals surface area contributed by atoms with Gasteiger partial charge in [-0.15, -0.1) is 0 Å². The van der Waals surface area contributed by atoms with Gasteiger partial charge in [-0.05, 0) is 80.4 Å². The first-order valence-corrected chi connectivity index (χ1v) is 15.6. The van der Waals surface area contributed by atoms with Gasteiger partial charge in [-0.2, -0.15) is 0 Å². The fraction of sp³-hybridized carbons (Fsp3) is 0.645. The summed E-state index contributed by atoms with van der Waals surface area (Å²) in [7, 11) is 1.26. The van der Waals surface area contributed by atoms with Gasteiger partial charge in [0.1, 0.15) is 18.1 Å². The predicted octanol–water partition coefficient (Wildman–Crippen LogP) is 3.54. The quantitative estimate of drug-likeness (QED) is 0.276. The number of amides is 2. The Hall–Kier alpha value is -3.12. The Bertz CT molecular complexity index is 1410. The van der Waals surface area contributed by atoms with E-state index in [0.717, 1.165) is 29.8 Å². The average molecular weight is 636 g/mol. The number of rotatable bonds is 9. The number of carbonyl (C=O) groups excluding carboxylic acids is 2. The van der Waals surface area contributed by atoms with Gasteiger partial charge in [0.05, 0.1) is 23.1 Å². The molecule has 2 heterocycles. The Morgan fingerprint density at radius 3 is 2.59 bits per heavy atom. The minimum atomic E-state index is -2.92. The third-order valence-corrected chi connectivity index (χ3v) is 11.1. The summed E-state index contributed by atoms with van der Waals surface area (Å²) in [5, 5.41) is 11.5. The molecule has 0 radical (unpaired) electrons. The predicted molar refractivity (Wildman–Crippen MR) is 157 cm³/mol. The van der Waals surface area contributed by atoms with E-state index in [1.807, 2.05) is 0 Å². The van der Waals surface area contributed by atoms with E-state index in [-0.39, 0.29) is 29.5 Å². The number of hydrogen-bond acceptors (Lipinski definition) is 7. The molecule has 2 aliphatic heterocycles. The number of carboxylic acid groups (broad SMARTS) is 1. The fourth-order valence-electron chi connectivity index (χ4n) is 7.89. The van der Waals surface area contributed by atoms with E-state index in [4.69, 9.17) is 27.9 Å². The number of allylic oxidation sites excluding steroid dienone is 1. The van der Waals surface area contributed by atoms with Gasteiger partial charge < -0.3 is 30.4 Å². The molecule has 1 saturated heterocycles. The maximum absolute atomic E-state index is 14.5. The number of halogens is 3. The van der Waals surface area contributed by atoms with Crippen molar-refractivity contribution in [1.29, 1.82) is 0 Å². The minimum Gasteiger partial charge on any atom is -0.487 e. The van der Waals surface area contributed by atoms with Gasteiger partial charge >= 0.3 is 5.97 Å². The van der Waals surface area contributed by atoms with E-state index in [1.54, 1.807) is 28.9 Å². The molecule has 44 heavy (non-hydrogen) atoms. The molecule has 5 aliphatic rings. The molecule has 6 rings (SSSR count). The number of carbonyl (C=O) groups is 3. The van der Waals surface area contributed by atoms with E-state index in [0.29, 0.717) is 66.9 Å². The van der Waals surface area contributed by atoms with E-state index >= 15 is 0 Å². The number of aliphatic carboxylic acids is 1. The van der Waals surface area contributed by atoms with Gasteiger partial charge in [0.25, 0.3) is 6.43 Å². The number of likely N-dealkylation sites (tertiary alicyclic amines) is 1. The Labute approximate surface area is 260 Å².